The highest BCUT2D eigenvalue weighted by Crippen LogP contribution is 2.39. The number of methoxy groups -OCH3 is 1. The first-order valence-electron chi connectivity index (χ1n) is 12.3. The van der Waals surface area contributed by atoms with E-state index < -0.39 is 10.0 Å². The molecule has 0 aliphatic heterocycles. The summed E-state index contributed by atoms with van der Waals surface area (Å²) in [5, 5.41) is 1.05. The summed E-state index contributed by atoms with van der Waals surface area (Å²) >= 11 is 7.75. The summed E-state index contributed by atoms with van der Waals surface area (Å²) < 4.78 is 33.9. The zero-order valence-corrected chi connectivity index (χ0v) is 24.4. The van der Waals surface area contributed by atoms with Crippen LogP contribution in [-0.4, -0.2) is 75.9 Å². The summed E-state index contributed by atoms with van der Waals surface area (Å²) in [6.45, 7) is 5.96. The zero-order valence-electron chi connectivity index (χ0n) is 22.0. The van der Waals surface area contributed by atoms with Crippen LogP contribution in [0.15, 0.2) is 41.3 Å². The number of anilines is 1. The molecule has 2 aromatic carbocycles. The summed E-state index contributed by atoms with van der Waals surface area (Å²) in [5.74, 6) is 0.330. The Morgan fingerprint density at radius 1 is 1.03 bits per heavy atom. The van der Waals surface area contributed by atoms with Crippen LogP contribution in [-0.2, 0) is 10.0 Å². The molecule has 0 spiro atoms. The van der Waals surface area contributed by atoms with Gasteiger partial charge in [-0.25, -0.2) is 13.4 Å². The topological polar surface area (TPSA) is 83.1 Å². The van der Waals surface area contributed by atoms with Crippen molar-refractivity contribution < 1.29 is 17.9 Å². The van der Waals surface area contributed by atoms with Crippen LogP contribution in [0.5, 0.6) is 5.75 Å². The van der Waals surface area contributed by atoms with Crippen molar-refractivity contribution in [3.63, 3.8) is 0 Å². The number of fused-ring (bicyclic) bond motifs is 1. The maximum absolute atomic E-state index is 13.7. The maximum atomic E-state index is 13.7. The molecule has 0 bridgehead atoms. The fourth-order valence-electron chi connectivity index (χ4n) is 3.91. The van der Waals surface area contributed by atoms with Crippen LogP contribution in [0.3, 0.4) is 0 Å². The molecule has 0 fully saturated rings. The van der Waals surface area contributed by atoms with Gasteiger partial charge in [-0.15, -0.1) is 0 Å². The SMILES string of the molecule is CCCCN(CC)S(=O)(=O)c1ccc(C(=O)N(CCCN(C)C)c2nc3c(OC)ccc(Cl)c3s2)cc1. The number of rotatable bonds is 13. The van der Waals surface area contributed by atoms with Gasteiger partial charge < -0.3 is 9.64 Å². The van der Waals surface area contributed by atoms with Gasteiger partial charge >= 0.3 is 0 Å². The lowest BCUT2D eigenvalue weighted by Gasteiger charge is -2.22. The highest BCUT2D eigenvalue weighted by atomic mass is 35.5. The van der Waals surface area contributed by atoms with E-state index in [9.17, 15) is 13.2 Å². The number of ether oxygens (including phenoxy) is 1. The first-order valence-corrected chi connectivity index (χ1v) is 15.0. The predicted molar refractivity (Wildman–Crippen MR) is 152 cm³/mol. The number of hydrogen-bond donors (Lipinski definition) is 0. The normalized spacial score (nSPS) is 12.0. The molecule has 0 atom stereocenters. The number of aromatic nitrogens is 1. The number of carbonyl (C=O) groups is 1. The molecule has 0 unspecified atom stereocenters. The zero-order chi connectivity index (χ0) is 27.2. The lowest BCUT2D eigenvalue weighted by atomic mass is 10.2. The first kappa shape index (κ1) is 29.3. The van der Waals surface area contributed by atoms with Gasteiger partial charge in [0.2, 0.25) is 10.0 Å². The molecule has 202 valence electrons. The maximum Gasteiger partial charge on any atom is 0.260 e. The predicted octanol–water partition coefficient (Wildman–Crippen LogP) is 5.37. The average Bonchev–Trinajstić information content (AvgIpc) is 3.33. The summed E-state index contributed by atoms with van der Waals surface area (Å²) in [5.41, 5.74) is 0.992. The van der Waals surface area contributed by atoms with E-state index in [4.69, 9.17) is 21.3 Å². The Hall–Kier alpha value is -2.24. The minimum Gasteiger partial charge on any atom is -0.494 e. The molecule has 1 aromatic heterocycles. The van der Waals surface area contributed by atoms with Crippen LogP contribution in [0.4, 0.5) is 5.13 Å². The number of unbranched alkanes of at least 4 members (excludes halogenated alkanes) is 1. The fourth-order valence-corrected chi connectivity index (χ4v) is 6.68. The second-order valence-electron chi connectivity index (χ2n) is 8.91. The van der Waals surface area contributed by atoms with Crippen LogP contribution >= 0.6 is 22.9 Å². The first-order chi connectivity index (χ1) is 17.6. The third-order valence-corrected chi connectivity index (χ3v) is 9.51. The number of amides is 1. The standard InChI is InChI=1S/C26H35ClN4O4S2/c1-6-8-17-30(7-2)37(33,34)20-12-10-19(11-13-20)25(32)31(18-9-16-29(3)4)26-28-23-22(35-5)15-14-21(27)24(23)36-26/h10-15H,6-9,16-18H2,1-5H3. The van der Waals surface area contributed by atoms with Gasteiger partial charge in [0.05, 0.1) is 21.7 Å². The van der Waals surface area contributed by atoms with E-state index in [1.807, 2.05) is 27.9 Å². The Kier molecular flexibility index (Phi) is 10.3. The Morgan fingerprint density at radius 3 is 2.32 bits per heavy atom. The molecule has 8 nitrogen and oxygen atoms in total. The molecule has 3 rings (SSSR count). The molecular formula is C26H35ClN4O4S2. The highest BCUT2D eigenvalue weighted by Gasteiger charge is 2.26. The summed E-state index contributed by atoms with van der Waals surface area (Å²) in [6.07, 6.45) is 2.43. The van der Waals surface area contributed by atoms with Gasteiger partial charge in [-0.3, -0.25) is 9.69 Å². The van der Waals surface area contributed by atoms with Gasteiger partial charge in [0.1, 0.15) is 11.3 Å². The lowest BCUT2D eigenvalue weighted by Crippen LogP contribution is -2.34. The third-order valence-electron chi connectivity index (χ3n) is 5.98. The van der Waals surface area contributed by atoms with Crippen molar-refractivity contribution >= 4 is 54.2 Å². The van der Waals surface area contributed by atoms with Crippen molar-refractivity contribution in [2.24, 2.45) is 0 Å². The monoisotopic (exact) mass is 566 g/mol. The van der Waals surface area contributed by atoms with Gasteiger partial charge in [0, 0.05) is 25.2 Å². The quantitative estimate of drug-likeness (QED) is 0.277. The van der Waals surface area contributed by atoms with E-state index in [2.05, 4.69) is 4.90 Å². The second kappa shape index (κ2) is 13.0. The fraction of sp³-hybridized carbons (Fsp3) is 0.462. The smallest absolute Gasteiger partial charge is 0.260 e. The molecule has 0 saturated carbocycles. The highest BCUT2D eigenvalue weighted by molar-refractivity contribution is 7.89. The minimum absolute atomic E-state index is 0.178. The van der Waals surface area contributed by atoms with Gasteiger partial charge in [-0.2, -0.15) is 4.31 Å². The van der Waals surface area contributed by atoms with Gasteiger partial charge in [-0.05, 0) is 69.9 Å². The van der Waals surface area contributed by atoms with E-state index in [0.717, 1.165) is 30.5 Å². The number of halogens is 1. The Morgan fingerprint density at radius 2 is 1.73 bits per heavy atom. The number of hydrogen-bond acceptors (Lipinski definition) is 7. The van der Waals surface area contributed by atoms with Crippen LogP contribution in [0.25, 0.3) is 10.2 Å². The molecule has 11 heteroatoms. The molecule has 0 N–H and O–H groups in total. The van der Waals surface area contributed by atoms with Crippen molar-refractivity contribution in [3.8, 4) is 5.75 Å². The third kappa shape index (κ3) is 6.80. The Labute approximate surface area is 228 Å². The van der Waals surface area contributed by atoms with Gasteiger partial charge in [0.25, 0.3) is 5.91 Å². The number of nitrogens with zero attached hydrogens (tertiary/aromatic N) is 4. The van der Waals surface area contributed by atoms with Crippen molar-refractivity contribution in [1.29, 1.82) is 0 Å². The van der Waals surface area contributed by atoms with Gasteiger partial charge in [0.15, 0.2) is 5.13 Å². The Balaban J connectivity index is 1.95. The van der Waals surface area contributed by atoms with Crippen molar-refractivity contribution in [3.05, 3.63) is 47.0 Å². The summed E-state index contributed by atoms with van der Waals surface area (Å²) in [6, 6.07) is 9.67. The molecule has 3 aromatic rings. The van der Waals surface area contributed by atoms with Gasteiger partial charge in [-0.1, -0.05) is 43.2 Å². The average molecular weight is 567 g/mol. The number of benzene rings is 2. The second-order valence-corrected chi connectivity index (χ2v) is 12.2. The van der Waals surface area contributed by atoms with Crippen LogP contribution < -0.4 is 9.64 Å². The van der Waals surface area contributed by atoms with Crippen molar-refractivity contribution in [2.75, 3.05) is 52.3 Å². The Bertz CT molecular complexity index is 1310. The van der Waals surface area contributed by atoms with E-state index >= 15 is 0 Å². The van der Waals surface area contributed by atoms with E-state index in [0.29, 0.717) is 46.6 Å². The molecule has 0 saturated heterocycles. The molecule has 0 radical (unpaired) electrons. The number of carbonyl (C=O) groups excluding carboxylic acids is 1. The minimum atomic E-state index is -3.63. The van der Waals surface area contributed by atoms with Crippen LogP contribution in [0.1, 0.15) is 43.5 Å². The van der Waals surface area contributed by atoms with E-state index in [1.54, 1.807) is 36.3 Å². The van der Waals surface area contributed by atoms with E-state index in [1.165, 1.54) is 27.8 Å². The van der Waals surface area contributed by atoms with E-state index in [-0.39, 0.29) is 10.8 Å². The lowest BCUT2D eigenvalue weighted by molar-refractivity contribution is 0.0986. The molecule has 1 amide bonds. The molecule has 0 aliphatic rings. The summed E-state index contributed by atoms with van der Waals surface area (Å²) in [4.78, 5) is 22.3. The molecule has 37 heavy (non-hydrogen) atoms. The van der Waals surface area contributed by atoms with Crippen LogP contribution in [0.2, 0.25) is 5.02 Å². The number of sulfonamides is 1. The number of thiazole rings is 1. The molecule has 0 aliphatic carbocycles. The molecule has 1 heterocycles. The van der Waals surface area contributed by atoms with Crippen LogP contribution in [0, 0.1) is 0 Å². The van der Waals surface area contributed by atoms with Crippen molar-refractivity contribution in [1.82, 2.24) is 14.2 Å². The molecular weight excluding hydrogens is 532 g/mol. The summed E-state index contributed by atoms with van der Waals surface area (Å²) in [7, 11) is 1.90. The van der Waals surface area contributed by atoms with Crippen molar-refractivity contribution in [2.45, 2.75) is 38.0 Å². The largest absolute Gasteiger partial charge is 0.494 e.